The Labute approximate surface area is 255 Å². The van der Waals surface area contributed by atoms with Crippen LogP contribution in [0.2, 0.25) is 0 Å². The number of cyclic esters (lactones) is 1. The van der Waals surface area contributed by atoms with E-state index in [-0.39, 0.29) is 17.9 Å². The van der Waals surface area contributed by atoms with Gasteiger partial charge in [-0.3, -0.25) is 4.79 Å². The topological polar surface area (TPSA) is 78.6 Å². The molecule has 2 saturated carbocycles. The monoisotopic (exact) mass is 579 g/mol. The van der Waals surface area contributed by atoms with Crippen molar-refractivity contribution in [1.29, 1.82) is 0 Å². The number of rotatable bonds is 5. The predicted octanol–water partition coefficient (Wildman–Crippen LogP) is 7.47. The normalized spacial score (nSPS) is 41.0. The summed E-state index contributed by atoms with van der Waals surface area (Å²) in [6.07, 6.45) is 18.5. The molecule has 43 heavy (non-hydrogen) atoms. The molecule has 8 atom stereocenters. The maximum atomic E-state index is 14.8. The number of allylic oxidation sites excluding steroid dienone is 6. The molecule has 0 radical (unpaired) electrons. The fourth-order valence-electron chi connectivity index (χ4n) is 11.0. The van der Waals surface area contributed by atoms with Gasteiger partial charge >= 0.3 is 11.9 Å². The van der Waals surface area contributed by atoms with Crippen LogP contribution in [0.3, 0.4) is 0 Å². The highest BCUT2D eigenvalue weighted by atomic mass is 16.6. The molecule has 2 N–H and O–H groups in total. The van der Waals surface area contributed by atoms with E-state index in [1.165, 1.54) is 16.7 Å². The third-order valence-corrected chi connectivity index (χ3v) is 12.6. The van der Waals surface area contributed by atoms with Gasteiger partial charge in [0.25, 0.3) is 0 Å². The number of nitrogens with two attached hydrogens (primary N) is 1. The maximum Gasteiger partial charge on any atom is 0.339 e. The van der Waals surface area contributed by atoms with E-state index in [1.807, 2.05) is 0 Å². The van der Waals surface area contributed by atoms with Gasteiger partial charge in [0, 0.05) is 17.4 Å². The second-order valence-electron chi connectivity index (χ2n) is 14.6. The highest BCUT2D eigenvalue weighted by Crippen LogP contribution is 2.87. The van der Waals surface area contributed by atoms with E-state index in [4.69, 9.17) is 15.2 Å². The van der Waals surface area contributed by atoms with Gasteiger partial charge in [-0.05, 0) is 105 Å². The Bertz CT molecular complexity index is 1550. The number of ether oxygens (including phenoxy) is 2. The van der Waals surface area contributed by atoms with E-state index in [0.29, 0.717) is 35.8 Å². The van der Waals surface area contributed by atoms with Gasteiger partial charge in [0.05, 0.1) is 11.0 Å². The number of carbonyl (C=O) groups excluding carboxylic acids is 2. The number of aryl methyl sites for hydroxylation is 1. The first-order valence-electron chi connectivity index (χ1n) is 17.0. The first-order valence-corrected chi connectivity index (χ1v) is 17.0. The quantitative estimate of drug-likeness (QED) is 0.289. The third kappa shape index (κ3) is 3.13. The molecule has 2 heterocycles. The predicted molar refractivity (Wildman–Crippen MR) is 166 cm³/mol. The number of hydrogen-bond acceptors (Lipinski definition) is 5. The Morgan fingerprint density at radius 2 is 2.02 bits per heavy atom. The van der Waals surface area contributed by atoms with Crippen LogP contribution in [0.1, 0.15) is 100 Å². The molecule has 0 unspecified atom stereocenters. The average Bonchev–Trinajstić information content (AvgIpc) is 3.45. The SMILES string of the molecule is CCC/C=C1\OC(=O)[C@@]23C4=C5CC[C@@]12[C@]1(OC(=O)c2c(CCCN)cccc21)[C@H]3C[C@@H](C)CCC4=C[C@H]1[C@H](C)CC=C[C@H]51. The van der Waals surface area contributed by atoms with Gasteiger partial charge in [-0.25, -0.2) is 4.79 Å². The molecule has 2 spiro atoms. The largest absolute Gasteiger partial charge is 0.449 e. The van der Waals surface area contributed by atoms with Crippen molar-refractivity contribution in [3.05, 3.63) is 81.7 Å². The van der Waals surface area contributed by atoms with E-state index in [0.717, 1.165) is 81.1 Å². The lowest BCUT2D eigenvalue weighted by atomic mass is 9.28. The van der Waals surface area contributed by atoms with Crippen molar-refractivity contribution in [2.24, 2.45) is 46.2 Å². The number of benzene rings is 1. The van der Waals surface area contributed by atoms with Crippen LogP contribution in [0.25, 0.3) is 0 Å². The number of unbranched alkanes of at least 4 members (excludes halogenated alkanes) is 1. The molecular weight excluding hydrogens is 534 g/mol. The molecule has 0 amide bonds. The van der Waals surface area contributed by atoms with Crippen molar-refractivity contribution < 1.29 is 19.1 Å². The van der Waals surface area contributed by atoms with E-state index < -0.39 is 16.4 Å². The zero-order valence-corrected chi connectivity index (χ0v) is 25.9. The summed E-state index contributed by atoms with van der Waals surface area (Å²) < 4.78 is 13.4. The molecule has 7 aliphatic rings. The first kappa shape index (κ1) is 27.6. The minimum Gasteiger partial charge on any atom is -0.449 e. The summed E-state index contributed by atoms with van der Waals surface area (Å²) in [4.78, 5) is 28.9. The standard InChI is InChI=1S/C38H45NO4/c1-4-5-14-31-36-18-17-27-26-12-6-9-23(3)28(26)21-25-16-15-22(2)20-30(37(36,33(25)27)35(41)42-31)38(36)29-13-7-10-24(11-8-19-39)32(29)34(40)43-38/h6-7,10,12-14,21-23,26,28,30H,4-5,8-9,11,15-20,39H2,1-3H3/b31-14-/t22-,23+,26+,28-,30-,36+,37+,38+/m0/s1. The molecule has 0 bridgehead atoms. The van der Waals surface area contributed by atoms with E-state index in [9.17, 15) is 9.59 Å². The summed E-state index contributed by atoms with van der Waals surface area (Å²) in [6.45, 7) is 7.44. The van der Waals surface area contributed by atoms with Gasteiger partial charge in [0.2, 0.25) is 0 Å². The Balaban J connectivity index is 1.43. The van der Waals surface area contributed by atoms with E-state index in [2.05, 4.69) is 63.3 Å². The molecule has 1 saturated heterocycles. The van der Waals surface area contributed by atoms with Crippen LogP contribution in [0, 0.1) is 40.4 Å². The van der Waals surface area contributed by atoms with Gasteiger partial charge < -0.3 is 15.2 Å². The van der Waals surface area contributed by atoms with Gasteiger partial charge in [0.1, 0.15) is 11.2 Å². The third-order valence-electron chi connectivity index (χ3n) is 12.6. The highest BCUT2D eigenvalue weighted by molar-refractivity contribution is 6.00. The van der Waals surface area contributed by atoms with Crippen molar-refractivity contribution in [3.63, 3.8) is 0 Å². The number of fused-ring (bicyclic) bond motifs is 5. The van der Waals surface area contributed by atoms with Crippen LogP contribution >= 0.6 is 0 Å². The second-order valence-corrected chi connectivity index (χ2v) is 14.6. The molecule has 226 valence electrons. The maximum absolute atomic E-state index is 14.8. The van der Waals surface area contributed by atoms with Crippen LogP contribution in [0.15, 0.2) is 65.0 Å². The first-order chi connectivity index (χ1) is 20.9. The summed E-state index contributed by atoms with van der Waals surface area (Å²) in [5.74, 6) is 2.04. The van der Waals surface area contributed by atoms with Crippen molar-refractivity contribution in [2.45, 2.75) is 90.6 Å². The lowest BCUT2D eigenvalue weighted by Crippen LogP contribution is -2.77. The number of hydrogen-bond donors (Lipinski definition) is 1. The van der Waals surface area contributed by atoms with Crippen LogP contribution in [-0.4, -0.2) is 18.5 Å². The van der Waals surface area contributed by atoms with Gasteiger partial charge in [-0.2, -0.15) is 0 Å². The summed E-state index contributed by atoms with van der Waals surface area (Å²) in [5, 5.41) is 0. The summed E-state index contributed by atoms with van der Waals surface area (Å²) in [5.41, 5.74) is 10.3. The highest BCUT2D eigenvalue weighted by Gasteiger charge is 2.93. The fraction of sp³-hybridized carbons (Fsp3) is 0.579. The fourth-order valence-corrected chi connectivity index (χ4v) is 11.0. The van der Waals surface area contributed by atoms with Gasteiger partial charge in [0.15, 0.2) is 5.60 Å². The van der Waals surface area contributed by atoms with Crippen molar-refractivity contribution in [2.75, 3.05) is 6.54 Å². The minimum atomic E-state index is -0.911. The van der Waals surface area contributed by atoms with Crippen molar-refractivity contribution in [3.8, 4) is 0 Å². The molecule has 2 aliphatic heterocycles. The molecule has 1 aromatic rings. The van der Waals surface area contributed by atoms with Crippen LogP contribution < -0.4 is 5.73 Å². The number of carbonyl (C=O) groups is 2. The van der Waals surface area contributed by atoms with Crippen LogP contribution in [0.5, 0.6) is 0 Å². The van der Waals surface area contributed by atoms with Gasteiger partial charge in [-0.1, -0.05) is 69.2 Å². The molecule has 5 heteroatoms. The Morgan fingerprint density at radius 3 is 2.84 bits per heavy atom. The van der Waals surface area contributed by atoms with E-state index >= 15 is 0 Å². The molecule has 3 fully saturated rings. The molecular formula is C38H45NO4. The Hall–Kier alpha value is -2.92. The lowest BCUT2D eigenvalue weighted by Gasteiger charge is -2.72. The Morgan fingerprint density at radius 1 is 1.16 bits per heavy atom. The van der Waals surface area contributed by atoms with E-state index in [1.54, 1.807) is 0 Å². The summed E-state index contributed by atoms with van der Waals surface area (Å²) in [6, 6.07) is 6.27. The van der Waals surface area contributed by atoms with Crippen LogP contribution in [0.4, 0.5) is 0 Å². The molecule has 5 aliphatic carbocycles. The second kappa shape index (κ2) is 9.54. The molecule has 1 aromatic carbocycles. The smallest absolute Gasteiger partial charge is 0.339 e. The summed E-state index contributed by atoms with van der Waals surface area (Å²) in [7, 11) is 0. The Kier molecular flexibility index (Phi) is 6.13. The zero-order valence-electron chi connectivity index (χ0n) is 25.9. The number of esters is 2. The van der Waals surface area contributed by atoms with Crippen LogP contribution in [-0.2, 0) is 26.3 Å². The zero-order chi connectivity index (χ0) is 29.7. The minimum absolute atomic E-state index is 0.104. The van der Waals surface area contributed by atoms with Gasteiger partial charge in [-0.15, -0.1) is 0 Å². The van der Waals surface area contributed by atoms with Crippen molar-refractivity contribution in [1.82, 2.24) is 0 Å². The molecule has 8 rings (SSSR count). The lowest BCUT2D eigenvalue weighted by molar-refractivity contribution is -0.278. The van der Waals surface area contributed by atoms with Crippen molar-refractivity contribution >= 4 is 11.9 Å². The molecule has 0 aromatic heterocycles. The average molecular weight is 580 g/mol. The summed E-state index contributed by atoms with van der Waals surface area (Å²) >= 11 is 0. The molecule has 5 nitrogen and oxygen atoms in total.